The zero-order valence-electron chi connectivity index (χ0n) is 19.5. The average Bonchev–Trinajstić information content (AvgIpc) is 3.26. The van der Waals surface area contributed by atoms with Gasteiger partial charge in [-0.05, 0) is 55.5 Å². The van der Waals surface area contributed by atoms with Crippen LogP contribution in [-0.2, 0) is 0 Å². The van der Waals surface area contributed by atoms with E-state index in [9.17, 15) is 4.79 Å². The summed E-state index contributed by atoms with van der Waals surface area (Å²) in [5.74, 6) is -0.298. The maximum absolute atomic E-state index is 15.3. The van der Waals surface area contributed by atoms with Gasteiger partial charge in [-0.25, -0.2) is 14.4 Å². The molecule has 3 heterocycles. The van der Waals surface area contributed by atoms with Crippen molar-refractivity contribution in [2.24, 2.45) is 5.92 Å². The van der Waals surface area contributed by atoms with Crippen LogP contribution < -0.4 is 5.32 Å². The summed E-state index contributed by atoms with van der Waals surface area (Å²) in [5, 5.41) is 3.81. The highest BCUT2D eigenvalue weighted by Gasteiger charge is 2.34. The molecule has 0 saturated carbocycles. The molecule has 2 aromatic carbocycles. The number of aromatic nitrogens is 3. The van der Waals surface area contributed by atoms with Crippen LogP contribution in [0.2, 0.25) is 5.02 Å². The predicted molar refractivity (Wildman–Crippen MR) is 133 cm³/mol. The number of nitrogens with zero attached hydrogens (tertiary/aromatic N) is 4. The number of hydrogen-bond donors (Lipinski definition) is 1. The first-order valence-corrected chi connectivity index (χ1v) is 12.0. The van der Waals surface area contributed by atoms with Crippen LogP contribution in [-0.4, -0.2) is 44.9 Å². The van der Waals surface area contributed by atoms with Crippen molar-refractivity contribution in [3.63, 3.8) is 0 Å². The standard InChI is InChI=1S/C26H25ClFN5O2/c1-15-5-3-12-33(20(15)14-31-26-32-19-9-7-17(27)13-21(19)35-26)25(34)18-8-6-16(2)23(28)22(18)24-29-10-4-11-30-24/h4,6-11,13,15,20H,3,5,12,14H2,1-2H3,(H,31,32)/t15-,20-/m1/s1. The molecule has 2 atom stereocenters. The minimum Gasteiger partial charge on any atom is -0.424 e. The van der Waals surface area contributed by atoms with Crippen molar-refractivity contribution >= 4 is 34.6 Å². The zero-order valence-corrected chi connectivity index (χ0v) is 20.2. The molecule has 0 radical (unpaired) electrons. The molecule has 0 bridgehead atoms. The summed E-state index contributed by atoms with van der Waals surface area (Å²) in [4.78, 5) is 28.5. The Morgan fingerprint density at radius 3 is 2.86 bits per heavy atom. The molecule has 2 aromatic heterocycles. The van der Waals surface area contributed by atoms with Crippen LogP contribution in [0.4, 0.5) is 10.4 Å². The lowest BCUT2D eigenvalue weighted by molar-refractivity contribution is 0.0539. The Kier molecular flexibility index (Phi) is 6.38. The number of piperidine rings is 1. The number of benzene rings is 2. The Bertz CT molecular complexity index is 1380. The molecule has 9 heteroatoms. The first-order valence-electron chi connectivity index (χ1n) is 11.6. The summed E-state index contributed by atoms with van der Waals surface area (Å²) in [6, 6.07) is 10.5. The fourth-order valence-electron chi connectivity index (χ4n) is 4.64. The molecule has 35 heavy (non-hydrogen) atoms. The highest BCUT2D eigenvalue weighted by molar-refractivity contribution is 6.31. The van der Waals surface area contributed by atoms with Gasteiger partial charge < -0.3 is 14.6 Å². The van der Waals surface area contributed by atoms with E-state index in [0.717, 1.165) is 12.8 Å². The fourth-order valence-corrected chi connectivity index (χ4v) is 4.80. The summed E-state index contributed by atoms with van der Waals surface area (Å²) in [5.41, 5.74) is 2.12. The van der Waals surface area contributed by atoms with Gasteiger partial charge in [-0.2, -0.15) is 4.98 Å². The van der Waals surface area contributed by atoms with Gasteiger partial charge in [-0.1, -0.05) is 24.6 Å². The molecule has 7 nitrogen and oxygen atoms in total. The summed E-state index contributed by atoms with van der Waals surface area (Å²) in [6.07, 6.45) is 4.94. The molecule has 1 aliphatic heterocycles. The van der Waals surface area contributed by atoms with E-state index in [0.29, 0.717) is 40.8 Å². The van der Waals surface area contributed by atoms with Crippen molar-refractivity contribution in [2.45, 2.75) is 32.7 Å². The molecule has 1 amide bonds. The third-order valence-corrected chi connectivity index (χ3v) is 6.78. The Hall–Kier alpha value is -3.52. The van der Waals surface area contributed by atoms with E-state index in [-0.39, 0.29) is 34.8 Å². The Labute approximate surface area is 207 Å². The second kappa shape index (κ2) is 9.62. The van der Waals surface area contributed by atoms with Crippen LogP contribution in [0.5, 0.6) is 0 Å². The van der Waals surface area contributed by atoms with Crippen molar-refractivity contribution < 1.29 is 13.6 Å². The van der Waals surface area contributed by atoms with E-state index in [1.807, 2.05) is 4.90 Å². The minimum atomic E-state index is -0.480. The highest BCUT2D eigenvalue weighted by atomic mass is 35.5. The van der Waals surface area contributed by atoms with E-state index in [2.05, 4.69) is 27.2 Å². The number of halogens is 2. The number of carbonyl (C=O) groups is 1. The summed E-state index contributed by atoms with van der Waals surface area (Å²) in [7, 11) is 0. The monoisotopic (exact) mass is 493 g/mol. The molecular weight excluding hydrogens is 469 g/mol. The second-order valence-corrected chi connectivity index (χ2v) is 9.33. The molecule has 5 rings (SSSR count). The quantitative estimate of drug-likeness (QED) is 0.381. The lowest BCUT2D eigenvalue weighted by atomic mass is 9.89. The topological polar surface area (TPSA) is 84.2 Å². The van der Waals surface area contributed by atoms with Crippen LogP contribution in [0.15, 0.2) is 53.2 Å². The van der Waals surface area contributed by atoms with Crippen molar-refractivity contribution in [2.75, 3.05) is 18.4 Å². The number of likely N-dealkylation sites (tertiary alicyclic amines) is 1. The number of oxazole rings is 1. The molecule has 0 unspecified atom stereocenters. The number of hydrogen-bond acceptors (Lipinski definition) is 6. The van der Waals surface area contributed by atoms with Crippen molar-refractivity contribution in [3.05, 3.63) is 70.8 Å². The maximum Gasteiger partial charge on any atom is 0.295 e. The van der Waals surface area contributed by atoms with Gasteiger partial charge in [0.15, 0.2) is 11.4 Å². The van der Waals surface area contributed by atoms with Crippen molar-refractivity contribution in [1.82, 2.24) is 19.9 Å². The van der Waals surface area contributed by atoms with Crippen molar-refractivity contribution in [3.8, 4) is 11.4 Å². The average molecular weight is 494 g/mol. The molecule has 180 valence electrons. The SMILES string of the molecule is Cc1ccc(C(=O)N2CCC[C@@H](C)[C@H]2CNc2nc3ccc(Cl)cc3o2)c(-c2ncccn2)c1F. The largest absolute Gasteiger partial charge is 0.424 e. The predicted octanol–water partition coefficient (Wildman–Crippen LogP) is 5.74. The zero-order chi connectivity index (χ0) is 24.5. The van der Waals surface area contributed by atoms with E-state index < -0.39 is 5.82 Å². The summed E-state index contributed by atoms with van der Waals surface area (Å²) >= 11 is 6.05. The van der Waals surface area contributed by atoms with E-state index in [1.165, 1.54) is 0 Å². The van der Waals surface area contributed by atoms with E-state index in [4.69, 9.17) is 16.0 Å². The molecule has 1 saturated heterocycles. The lowest BCUT2D eigenvalue weighted by Gasteiger charge is -2.40. The normalized spacial score (nSPS) is 18.1. The van der Waals surface area contributed by atoms with Gasteiger partial charge >= 0.3 is 0 Å². The number of rotatable bonds is 5. The third kappa shape index (κ3) is 4.58. The molecule has 1 N–H and O–H groups in total. The van der Waals surface area contributed by atoms with E-state index in [1.54, 1.807) is 55.7 Å². The Balaban J connectivity index is 1.44. The van der Waals surface area contributed by atoms with E-state index >= 15 is 4.39 Å². The van der Waals surface area contributed by atoms with Crippen LogP contribution in [0.25, 0.3) is 22.5 Å². The highest BCUT2D eigenvalue weighted by Crippen LogP contribution is 2.31. The summed E-state index contributed by atoms with van der Waals surface area (Å²) < 4.78 is 21.0. The molecule has 1 fully saturated rings. The van der Waals surface area contributed by atoms with Gasteiger partial charge in [0.2, 0.25) is 0 Å². The smallest absolute Gasteiger partial charge is 0.295 e. The van der Waals surface area contributed by atoms with Gasteiger partial charge in [0.05, 0.1) is 17.2 Å². The third-order valence-electron chi connectivity index (χ3n) is 6.54. The molecular formula is C26H25ClFN5O2. The second-order valence-electron chi connectivity index (χ2n) is 8.89. The number of anilines is 1. The van der Waals surface area contributed by atoms with Crippen LogP contribution >= 0.6 is 11.6 Å². The van der Waals surface area contributed by atoms with Crippen LogP contribution in [0, 0.1) is 18.7 Å². The number of carbonyl (C=O) groups excluding carboxylic acids is 1. The first-order chi connectivity index (χ1) is 16.9. The first kappa shape index (κ1) is 23.2. The van der Waals surface area contributed by atoms with Gasteiger partial charge in [0.1, 0.15) is 11.3 Å². The fraction of sp³-hybridized carbons (Fsp3) is 0.308. The molecule has 1 aliphatic rings. The molecule has 0 aliphatic carbocycles. The van der Waals surface area contributed by atoms with Crippen LogP contribution in [0.3, 0.4) is 0 Å². The number of fused-ring (bicyclic) bond motifs is 1. The maximum atomic E-state index is 15.3. The molecule has 0 spiro atoms. The number of aryl methyl sites for hydroxylation is 1. The lowest BCUT2D eigenvalue weighted by Crippen LogP contribution is -2.51. The Morgan fingerprint density at radius 1 is 1.26 bits per heavy atom. The Morgan fingerprint density at radius 2 is 2.06 bits per heavy atom. The van der Waals surface area contributed by atoms with Gasteiger partial charge in [-0.15, -0.1) is 0 Å². The number of amides is 1. The minimum absolute atomic E-state index is 0.135. The summed E-state index contributed by atoms with van der Waals surface area (Å²) in [6.45, 7) is 4.80. The number of nitrogens with one attached hydrogen (secondary N) is 1. The van der Waals surface area contributed by atoms with Crippen LogP contribution in [0.1, 0.15) is 35.7 Å². The molecule has 4 aromatic rings. The van der Waals surface area contributed by atoms with Gasteiger partial charge in [0.25, 0.3) is 11.9 Å². The van der Waals surface area contributed by atoms with Crippen molar-refractivity contribution in [1.29, 1.82) is 0 Å². The van der Waals surface area contributed by atoms with Gasteiger partial charge in [-0.3, -0.25) is 4.79 Å². The van der Waals surface area contributed by atoms with Gasteiger partial charge in [0, 0.05) is 36.6 Å².